The van der Waals surface area contributed by atoms with E-state index in [2.05, 4.69) is 246 Å². The van der Waals surface area contributed by atoms with E-state index in [0.717, 1.165) is 22.7 Å². The van der Waals surface area contributed by atoms with Crippen LogP contribution in [0.5, 0.6) is 0 Å². The topological polar surface area (TPSA) is 8.17 Å². The van der Waals surface area contributed by atoms with Crippen molar-refractivity contribution in [1.82, 2.24) is 4.57 Å². The smallest absolute Gasteiger partial charge is 0.0547 e. The molecule has 1 fully saturated rings. The zero-order chi connectivity index (χ0) is 45.0. The Morgan fingerprint density at radius 2 is 1.00 bits per heavy atom. The van der Waals surface area contributed by atoms with Gasteiger partial charge in [-0.15, -0.1) is 0 Å². The number of para-hydroxylation sites is 3. The quantitative estimate of drug-likeness (QED) is 0.138. The Balaban J connectivity index is 0.982. The van der Waals surface area contributed by atoms with Gasteiger partial charge in [0.25, 0.3) is 0 Å². The summed E-state index contributed by atoms with van der Waals surface area (Å²) in [6.45, 7) is 0. The summed E-state index contributed by atoms with van der Waals surface area (Å²) in [5, 5.41) is 10.3. The zero-order valence-corrected chi connectivity index (χ0v) is 38.0. The lowest BCUT2D eigenvalue weighted by molar-refractivity contribution is 0.445. The molecule has 1 aliphatic rings. The van der Waals surface area contributed by atoms with Gasteiger partial charge < -0.3 is 9.47 Å². The summed E-state index contributed by atoms with van der Waals surface area (Å²) in [6, 6.07) is 87.9. The Kier molecular flexibility index (Phi) is 9.97. The van der Waals surface area contributed by atoms with Gasteiger partial charge in [-0.2, -0.15) is 0 Å². The minimum atomic E-state index is 0.576. The summed E-state index contributed by atoms with van der Waals surface area (Å²) < 4.78 is 2.40. The van der Waals surface area contributed by atoms with Crippen LogP contribution < -0.4 is 4.90 Å². The van der Waals surface area contributed by atoms with E-state index in [1.54, 1.807) is 0 Å². The molecule has 0 unspecified atom stereocenters. The maximum atomic E-state index is 2.49. The molecule has 0 atom stereocenters. The zero-order valence-electron chi connectivity index (χ0n) is 38.0. The van der Waals surface area contributed by atoms with Crippen molar-refractivity contribution in [3.05, 3.63) is 242 Å². The molecule has 0 amide bonds. The van der Waals surface area contributed by atoms with Gasteiger partial charge in [-0.25, -0.2) is 0 Å². The number of nitrogens with zero attached hydrogens (tertiary/aromatic N) is 2. The van der Waals surface area contributed by atoms with E-state index in [1.807, 2.05) is 0 Å². The number of hydrogen-bond donors (Lipinski definition) is 0. The second-order valence-corrected chi connectivity index (χ2v) is 18.6. The molecule has 1 aromatic heterocycles. The highest BCUT2D eigenvalue weighted by atomic mass is 15.1. The maximum absolute atomic E-state index is 2.49. The van der Waals surface area contributed by atoms with Crippen molar-refractivity contribution in [2.24, 2.45) is 0 Å². The van der Waals surface area contributed by atoms with Crippen molar-refractivity contribution in [3.63, 3.8) is 0 Å². The van der Waals surface area contributed by atoms with Crippen LogP contribution in [0.3, 0.4) is 0 Å². The molecule has 1 saturated carbocycles. The fourth-order valence-corrected chi connectivity index (χ4v) is 11.6. The molecule has 0 bridgehead atoms. The van der Waals surface area contributed by atoms with Crippen molar-refractivity contribution in [2.75, 3.05) is 4.90 Å². The molecule has 2 nitrogen and oxygen atoms in total. The van der Waals surface area contributed by atoms with Gasteiger partial charge >= 0.3 is 0 Å². The third kappa shape index (κ3) is 6.87. The molecule has 324 valence electrons. The summed E-state index contributed by atoms with van der Waals surface area (Å²) in [7, 11) is 0. The molecule has 0 spiro atoms. The Bertz CT molecular complexity index is 3830. The number of aromatic nitrogens is 1. The Morgan fingerprint density at radius 3 is 1.88 bits per heavy atom. The van der Waals surface area contributed by atoms with Gasteiger partial charge in [0.05, 0.1) is 16.7 Å². The number of benzene rings is 11. The van der Waals surface area contributed by atoms with Crippen molar-refractivity contribution in [2.45, 2.75) is 38.0 Å². The first kappa shape index (κ1) is 40.1. The average Bonchev–Trinajstić information content (AvgIpc) is 3.75. The second-order valence-electron chi connectivity index (χ2n) is 18.6. The highest BCUT2D eigenvalue weighted by Crippen LogP contribution is 2.47. The van der Waals surface area contributed by atoms with Gasteiger partial charge in [0.1, 0.15) is 0 Å². The predicted molar refractivity (Wildman–Crippen MR) is 290 cm³/mol. The predicted octanol–water partition coefficient (Wildman–Crippen LogP) is 18.8. The second kappa shape index (κ2) is 16.9. The first-order chi connectivity index (χ1) is 33.7. The van der Waals surface area contributed by atoms with Gasteiger partial charge in [0.2, 0.25) is 0 Å². The van der Waals surface area contributed by atoms with Crippen LogP contribution in [-0.4, -0.2) is 4.57 Å². The van der Waals surface area contributed by atoms with Crippen LogP contribution in [0.25, 0.3) is 93.2 Å². The first-order valence-corrected chi connectivity index (χ1v) is 24.4. The van der Waals surface area contributed by atoms with Gasteiger partial charge in [0.15, 0.2) is 0 Å². The van der Waals surface area contributed by atoms with E-state index < -0.39 is 0 Å². The molecular formula is C66H50N2. The molecular weight excluding hydrogens is 821 g/mol. The van der Waals surface area contributed by atoms with E-state index in [0.29, 0.717) is 5.92 Å². The van der Waals surface area contributed by atoms with Gasteiger partial charge in [0, 0.05) is 33.4 Å². The first-order valence-electron chi connectivity index (χ1n) is 24.4. The minimum absolute atomic E-state index is 0.576. The van der Waals surface area contributed by atoms with Crippen molar-refractivity contribution >= 4 is 71.2 Å². The van der Waals surface area contributed by atoms with Crippen LogP contribution in [-0.2, 0) is 0 Å². The van der Waals surface area contributed by atoms with E-state index in [1.165, 1.54) is 125 Å². The van der Waals surface area contributed by atoms with Crippen molar-refractivity contribution in [3.8, 4) is 39.1 Å². The lowest BCUT2D eigenvalue weighted by atomic mass is 9.80. The molecule has 11 aromatic carbocycles. The molecule has 1 heterocycles. The molecule has 1 aliphatic carbocycles. The largest absolute Gasteiger partial charge is 0.310 e. The summed E-state index contributed by atoms with van der Waals surface area (Å²) in [6.07, 6.45) is 6.46. The lowest BCUT2D eigenvalue weighted by Gasteiger charge is -2.29. The minimum Gasteiger partial charge on any atom is -0.310 e. The van der Waals surface area contributed by atoms with Crippen LogP contribution in [0.15, 0.2) is 237 Å². The Morgan fingerprint density at radius 1 is 0.353 bits per heavy atom. The Hall–Kier alpha value is -8.20. The van der Waals surface area contributed by atoms with E-state index in [4.69, 9.17) is 0 Å². The SMILES string of the molecule is c1ccc(-n2c3ccccc3c3ccc(-c4ccc(N(c5cccc(-c6cccc7c6ccc6ccccc67)c5)c5ccccc5-c5cccc6cccc(C7CCCCC7)c56)cc4)cc32)cc1. The lowest BCUT2D eigenvalue weighted by Crippen LogP contribution is -2.11. The van der Waals surface area contributed by atoms with Crippen molar-refractivity contribution < 1.29 is 0 Å². The maximum Gasteiger partial charge on any atom is 0.0547 e. The summed E-state index contributed by atoms with van der Waals surface area (Å²) in [5.41, 5.74) is 15.8. The number of fused-ring (bicyclic) bond motifs is 7. The molecule has 68 heavy (non-hydrogen) atoms. The molecule has 0 saturated heterocycles. The molecule has 2 heteroatoms. The highest BCUT2D eigenvalue weighted by molar-refractivity contribution is 6.13. The molecule has 0 N–H and O–H groups in total. The van der Waals surface area contributed by atoms with Gasteiger partial charge in [-0.1, -0.05) is 201 Å². The third-order valence-corrected chi connectivity index (χ3v) is 14.8. The summed E-state index contributed by atoms with van der Waals surface area (Å²) >= 11 is 0. The average molecular weight is 871 g/mol. The van der Waals surface area contributed by atoms with Crippen LogP contribution in [0.1, 0.15) is 43.6 Å². The molecule has 0 aliphatic heterocycles. The van der Waals surface area contributed by atoms with Crippen molar-refractivity contribution in [1.29, 1.82) is 0 Å². The fourth-order valence-electron chi connectivity index (χ4n) is 11.6. The van der Waals surface area contributed by atoms with E-state index in [9.17, 15) is 0 Å². The summed E-state index contributed by atoms with van der Waals surface area (Å²) in [4.78, 5) is 2.49. The Labute approximate surface area is 398 Å². The number of hydrogen-bond acceptors (Lipinski definition) is 1. The summed E-state index contributed by atoms with van der Waals surface area (Å²) in [5.74, 6) is 0.576. The monoisotopic (exact) mass is 870 g/mol. The third-order valence-electron chi connectivity index (χ3n) is 14.8. The molecule has 0 radical (unpaired) electrons. The molecule has 12 aromatic rings. The van der Waals surface area contributed by atoms with E-state index >= 15 is 0 Å². The van der Waals surface area contributed by atoms with Crippen LogP contribution in [0, 0.1) is 0 Å². The van der Waals surface area contributed by atoms with Crippen LogP contribution in [0.2, 0.25) is 0 Å². The van der Waals surface area contributed by atoms with Crippen LogP contribution in [0.4, 0.5) is 17.1 Å². The normalized spacial score (nSPS) is 13.2. The van der Waals surface area contributed by atoms with Crippen LogP contribution >= 0.6 is 0 Å². The van der Waals surface area contributed by atoms with Gasteiger partial charge in [-0.3, -0.25) is 0 Å². The van der Waals surface area contributed by atoms with E-state index in [-0.39, 0.29) is 0 Å². The number of anilines is 3. The fraction of sp³-hybridized carbons (Fsp3) is 0.0909. The highest BCUT2D eigenvalue weighted by Gasteiger charge is 2.23. The number of rotatable bonds is 8. The van der Waals surface area contributed by atoms with Gasteiger partial charge in [-0.05, 0) is 139 Å². The standard InChI is InChI=1S/C66H50N2/c1-3-17-46(18-4-1)56-30-14-20-48-21-15-32-62(66(48)56)60-28-10-11-33-63(60)67(53-25-13-22-50(43-53)55-29-16-31-57-54-26-8-7-19-47(54)37-41-58(55)57)52-39-35-45(36-40-52)49-38-42-61-59-27-9-12-34-64(59)68(65(61)44-49)51-23-5-2-6-24-51/h2,5-16,19-44,46H,1,3-4,17-18H2. The molecule has 13 rings (SSSR count).